The lowest BCUT2D eigenvalue weighted by Gasteiger charge is -2.10. The van der Waals surface area contributed by atoms with Crippen molar-refractivity contribution < 1.29 is 9.13 Å². The summed E-state index contributed by atoms with van der Waals surface area (Å²) in [5, 5.41) is 1.71. The summed E-state index contributed by atoms with van der Waals surface area (Å²) >= 11 is 0. The lowest BCUT2D eigenvalue weighted by Crippen LogP contribution is -1.92. The number of hydrogen-bond acceptors (Lipinski definition) is 3. The Labute approximate surface area is 115 Å². The highest BCUT2D eigenvalue weighted by Crippen LogP contribution is 2.32. The van der Waals surface area contributed by atoms with Gasteiger partial charge >= 0.3 is 0 Å². The van der Waals surface area contributed by atoms with Crippen molar-refractivity contribution in [2.24, 2.45) is 0 Å². The number of anilines is 1. The summed E-state index contributed by atoms with van der Waals surface area (Å²) < 4.78 is 19.1. The Morgan fingerprint density at radius 1 is 1.10 bits per heavy atom. The molecule has 0 aliphatic carbocycles. The van der Waals surface area contributed by atoms with Crippen LogP contribution in [0.5, 0.6) is 11.5 Å². The molecule has 0 fully saturated rings. The van der Waals surface area contributed by atoms with Gasteiger partial charge in [-0.2, -0.15) is 0 Å². The van der Waals surface area contributed by atoms with Crippen molar-refractivity contribution >= 4 is 16.5 Å². The van der Waals surface area contributed by atoms with E-state index < -0.39 is 0 Å². The number of halogens is 1. The summed E-state index contributed by atoms with van der Waals surface area (Å²) in [5.41, 5.74) is 7.14. The van der Waals surface area contributed by atoms with Crippen molar-refractivity contribution in [1.82, 2.24) is 4.98 Å². The summed E-state index contributed by atoms with van der Waals surface area (Å²) in [4.78, 5) is 4.09. The Kier molecular flexibility index (Phi) is 2.99. The summed E-state index contributed by atoms with van der Waals surface area (Å²) in [6.07, 6.45) is 3.39. The van der Waals surface area contributed by atoms with Gasteiger partial charge in [0.05, 0.1) is 0 Å². The number of pyridine rings is 1. The van der Waals surface area contributed by atoms with Crippen molar-refractivity contribution in [3.05, 3.63) is 60.2 Å². The second kappa shape index (κ2) is 4.81. The van der Waals surface area contributed by atoms with E-state index in [0.29, 0.717) is 22.7 Å². The van der Waals surface area contributed by atoms with Crippen molar-refractivity contribution in [3.63, 3.8) is 0 Å². The van der Waals surface area contributed by atoms with E-state index in [1.807, 2.05) is 6.07 Å². The first-order chi connectivity index (χ1) is 9.65. The van der Waals surface area contributed by atoms with Crippen LogP contribution in [0.1, 0.15) is 5.56 Å². The van der Waals surface area contributed by atoms with E-state index in [2.05, 4.69) is 4.98 Å². The molecule has 0 aliphatic rings. The van der Waals surface area contributed by atoms with E-state index in [4.69, 9.17) is 10.5 Å². The second-order valence-corrected chi connectivity index (χ2v) is 4.59. The van der Waals surface area contributed by atoms with Crippen LogP contribution in [0.3, 0.4) is 0 Å². The van der Waals surface area contributed by atoms with E-state index in [1.54, 1.807) is 43.6 Å². The van der Waals surface area contributed by atoms with Crippen LogP contribution < -0.4 is 10.5 Å². The molecular formula is C16H13FN2O. The minimum absolute atomic E-state index is 0.249. The molecule has 0 amide bonds. The van der Waals surface area contributed by atoms with Crippen LogP contribution in [-0.4, -0.2) is 4.98 Å². The number of nitrogens with zero attached hydrogens (tertiary/aromatic N) is 1. The highest BCUT2D eigenvalue weighted by molar-refractivity contribution is 5.96. The molecule has 0 spiro atoms. The lowest BCUT2D eigenvalue weighted by molar-refractivity contribution is 0.485. The zero-order valence-electron chi connectivity index (χ0n) is 10.9. The number of aromatic nitrogens is 1. The fraction of sp³-hybridized carbons (Fsp3) is 0.0625. The molecule has 0 saturated heterocycles. The SMILES string of the molecule is Cc1cc(Oc2ccc(N)c3ccncc23)ccc1F. The van der Waals surface area contributed by atoms with Gasteiger partial charge in [-0.25, -0.2) is 4.39 Å². The summed E-state index contributed by atoms with van der Waals surface area (Å²) in [7, 11) is 0. The molecule has 3 nitrogen and oxygen atoms in total. The maximum atomic E-state index is 13.3. The number of nitrogen functional groups attached to an aromatic ring is 1. The van der Waals surface area contributed by atoms with Crippen LogP contribution in [0.4, 0.5) is 10.1 Å². The first-order valence-corrected chi connectivity index (χ1v) is 6.21. The fourth-order valence-corrected chi connectivity index (χ4v) is 2.08. The van der Waals surface area contributed by atoms with Gasteiger partial charge in [0.2, 0.25) is 0 Å². The van der Waals surface area contributed by atoms with Crippen molar-refractivity contribution in [3.8, 4) is 11.5 Å². The molecule has 20 heavy (non-hydrogen) atoms. The number of nitrogens with two attached hydrogens (primary N) is 1. The molecule has 1 heterocycles. The Morgan fingerprint density at radius 2 is 1.95 bits per heavy atom. The number of rotatable bonds is 2. The second-order valence-electron chi connectivity index (χ2n) is 4.59. The largest absolute Gasteiger partial charge is 0.457 e. The average Bonchev–Trinajstić information content (AvgIpc) is 2.46. The number of ether oxygens (including phenoxy) is 1. The zero-order chi connectivity index (χ0) is 14.1. The van der Waals surface area contributed by atoms with Gasteiger partial charge in [0.1, 0.15) is 17.3 Å². The van der Waals surface area contributed by atoms with Gasteiger partial charge in [0.15, 0.2) is 0 Å². The van der Waals surface area contributed by atoms with Gasteiger partial charge < -0.3 is 10.5 Å². The summed E-state index contributed by atoms with van der Waals surface area (Å²) in [6.45, 7) is 1.70. The molecule has 0 aliphatic heterocycles. The van der Waals surface area contributed by atoms with Crippen LogP contribution in [0.25, 0.3) is 10.8 Å². The average molecular weight is 268 g/mol. The molecule has 4 heteroatoms. The third-order valence-corrected chi connectivity index (χ3v) is 3.17. The van der Waals surface area contributed by atoms with E-state index in [9.17, 15) is 4.39 Å². The molecule has 3 aromatic rings. The van der Waals surface area contributed by atoms with Crippen molar-refractivity contribution in [2.45, 2.75) is 6.92 Å². The van der Waals surface area contributed by atoms with Crippen LogP contribution >= 0.6 is 0 Å². The van der Waals surface area contributed by atoms with Crippen LogP contribution in [0.2, 0.25) is 0 Å². The standard InChI is InChI=1S/C16H13FN2O/c1-10-8-11(2-3-14(10)17)20-16-5-4-15(18)12-6-7-19-9-13(12)16/h2-9H,18H2,1H3. The molecule has 0 unspecified atom stereocenters. The predicted molar refractivity (Wildman–Crippen MR) is 77.4 cm³/mol. The van der Waals surface area contributed by atoms with Gasteiger partial charge in [-0.15, -0.1) is 0 Å². The maximum absolute atomic E-state index is 13.3. The molecule has 3 rings (SSSR count). The molecule has 0 bridgehead atoms. The normalized spacial score (nSPS) is 10.7. The smallest absolute Gasteiger partial charge is 0.136 e. The molecule has 0 saturated carbocycles. The Balaban J connectivity index is 2.06. The van der Waals surface area contributed by atoms with Crippen molar-refractivity contribution in [1.29, 1.82) is 0 Å². The van der Waals surface area contributed by atoms with E-state index in [-0.39, 0.29) is 5.82 Å². The van der Waals surface area contributed by atoms with Gasteiger partial charge in [0, 0.05) is 28.9 Å². The molecular weight excluding hydrogens is 255 g/mol. The monoisotopic (exact) mass is 268 g/mol. The molecule has 1 aromatic heterocycles. The fourth-order valence-electron chi connectivity index (χ4n) is 2.08. The van der Waals surface area contributed by atoms with Crippen LogP contribution in [0, 0.1) is 12.7 Å². The van der Waals surface area contributed by atoms with Gasteiger partial charge in [-0.3, -0.25) is 4.98 Å². The van der Waals surface area contributed by atoms with Gasteiger partial charge in [-0.1, -0.05) is 0 Å². The zero-order valence-corrected chi connectivity index (χ0v) is 10.9. The highest BCUT2D eigenvalue weighted by atomic mass is 19.1. The quantitative estimate of drug-likeness (QED) is 0.713. The number of aryl methyl sites for hydroxylation is 1. The highest BCUT2D eigenvalue weighted by Gasteiger charge is 2.07. The number of benzene rings is 2. The predicted octanol–water partition coefficient (Wildman–Crippen LogP) is 4.06. The molecule has 100 valence electrons. The first kappa shape index (κ1) is 12.4. The Hall–Kier alpha value is -2.62. The Bertz CT molecular complexity index is 787. The minimum Gasteiger partial charge on any atom is -0.457 e. The number of hydrogen-bond donors (Lipinski definition) is 1. The Morgan fingerprint density at radius 3 is 2.75 bits per heavy atom. The van der Waals surface area contributed by atoms with E-state index in [0.717, 1.165) is 10.8 Å². The molecule has 2 N–H and O–H groups in total. The van der Waals surface area contributed by atoms with Crippen LogP contribution in [-0.2, 0) is 0 Å². The van der Waals surface area contributed by atoms with Gasteiger partial charge in [0.25, 0.3) is 0 Å². The first-order valence-electron chi connectivity index (χ1n) is 6.21. The van der Waals surface area contributed by atoms with Crippen molar-refractivity contribution in [2.75, 3.05) is 5.73 Å². The minimum atomic E-state index is -0.249. The molecule has 0 atom stereocenters. The number of fused-ring (bicyclic) bond motifs is 1. The lowest BCUT2D eigenvalue weighted by atomic mass is 10.1. The third kappa shape index (κ3) is 2.16. The van der Waals surface area contributed by atoms with E-state index in [1.165, 1.54) is 6.07 Å². The maximum Gasteiger partial charge on any atom is 0.136 e. The van der Waals surface area contributed by atoms with Crippen LogP contribution in [0.15, 0.2) is 48.8 Å². The molecule has 2 aromatic carbocycles. The van der Waals surface area contributed by atoms with Gasteiger partial charge in [-0.05, 0) is 48.9 Å². The molecule has 0 radical (unpaired) electrons. The topological polar surface area (TPSA) is 48.1 Å². The summed E-state index contributed by atoms with van der Waals surface area (Å²) in [6, 6.07) is 10.1. The van der Waals surface area contributed by atoms with E-state index >= 15 is 0 Å². The summed E-state index contributed by atoms with van der Waals surface area (Å²) in [5.74, 6) is 0.980. The third-order valence-electron chi connectivity index (χ3n) is 3.17.